The first-order valence-corrected chi connectivity index (χ1v) is 8.80. The van der Waals surface area contributed by atoms with Crippen LogP contribution >= 0.6 is 11.6 Å². The predicted octanol–water partition coefficient (Wildman–Crippen LogP) is 0.935. The van der Waals surface area contributed by atoms with Gasteiger partial charge in [-0.3, -0.25) is 20.4 Å². The van der Waals surface area contributed by atoms with Gasteiger partial charge in [0.05, 0.1) is 17.4 Å². The zero-order valence-corrected chi connectivity index (χ0v) is 13.2. The third kappa shape index (κ3) is 4.57. The minimum Gasteiger partial charge on any atom is -0.273 e. The van der Waals surface area contributed by atoms with Crippen molar-refractivity contribution in [3.8, 4) is 0 Å². The van der Waals surface area contributed by atoms with E-state index in [0.717, 1.165) is 0 Å². The molecule has 1 aromatic carbocycles. The Morgan fingerprint density at radius 1 is 1.23 bits per heavy atom. The van der Waals surface area contributed by atoms with Gasteiger partial charge in [-0.05, 0) is 24.1 Å². The van der Waals surface area contributed by atoms with Crippen LogP contribution in [0.25, 0.3) is 6.08 Å². The standard InChI is InChI=1S/C14H15ClN2O4S/c15-12-4-2-1-3-10(12)5-6-13(18)16-17-14(19)11-7-8-22(20,21)9-11/h1-6,11H,7-9H2,(H,16,18)(H,17,19)/b6-5+/t11-/m1/s1. The van der Waals surface area contributed by atoms with Crippen LogP contribution in [-0.2, 0) is 19.4 Å². The third-order valence-electron chi connectivity index (χ3n) is 3.23. The average Bonchev–Trinajstić information content (AvgIpc) is 2.84. The van der Waals surface area contributed by atoms with Gasteiger partial charge in [-0.25, -0.2) is 8.42 Å². The van der Waals surface area contributed by atoms with E-state index in [9.17, 15) is 18.0 Å². The zero-order valence-electron chi connectivity index (χ0n) is 11.6. The highest BCUT2D eigenvalue weighted by molar-refractivity contribution is 7.91. The summed E-state index contributed by atoms with van der Waals surface area (Å²) in [4.78, 5) is 23.3. The number of carbonyl (C=O) groups excluding carboxylic acids is 2. The molecule has 1 saturated heterocycles. The van der Waals surface area contributed by atoms with Gasteiger partial charge in [-0.1, -0.05) is 29.8 Å². The van der Waals surface area contributed by atoms with E-state index in [2.05, 4.69) is 10.9 Å². The van der Waals surface area contributed by atoms with Crippen molar-refractivity contribution in [3.63, 3.8) is 0 Å². The van der Waals surface area contributed by atoms with Gasteiger partial charge < -0.3 is 0 Å². The molecule has 1 atom stereocenters. The highest BCUT2D eigenvalue weighted by Crippen LogP contribution is 2.18. The van der Waals surface area contributed by atoms with Gasteiger partial charge in [-0.2, -0.15) is 0 Å². The molecular weight excluding hydrogens is 328 g/mol. The summed E-state index contributed by atoms with van der Waals surface area (Å²) in [6.45, 7) is 0. The van der Waals surface area contributed by atoms with Crippen LogP contribution in [-0.4, -0.2) is 31.7 Å². The Balaban J connectivity index is 1.83. The van der Waals surface area contributed by atoms with Gasteiger partial charge in [-0.15, -0.1) is 0 Å². The molecule has 1 aliphatic rings. The lowest BCUT2D eigenvalue weighted by Crippen LogP contribution is -2.44. The molecule has 118 valence electrons. The first-order valence-electron chi connectivity index (χ1n) is 6.60. The molecule has 1 heterocycles. The van der Waals surface area contributed by atoms with E-state index in [1.807, 2.05) is 0 Å². The third-order valence-corrected chi connectivity index (χ3v) is 5.34. The van der Waals surface area contributed by atoms with Crippen molar-refractivity contribution in [1.82, 2.24) is 10.9 Å². The normalized spacial score (nSPS) is 20.0. The van der Waals surface area contributed by atoms with E-state index < -0.39 is 27.6 Å². The van der Waals surface area contributed by atoms with Crippen LogP contribution in [0, 0.1) is 5.92 Å². The second-order valence-corrected chi connectivity index (χ2v) is 7.57. The topological polar surface area (TPSA) is 92.3 Å². The van der Waals surface area contributed by atoms with Gasteiger partial charge in [0.15, 0.2) is 9.84 Å². The number of sulfone groups is 1. The minimum absolute atomic E-state index is 0.00540. The Kier molecular flexibility index (Phi) is 5.20. The van der Waals surface area contributed by atoms with Crippen LogP contribution < -0.4 is 10.9 Å². The number of hydrazine groups is 1. The first kappa shape index (κ1) is 16.5. The van der Waals surface area contributed by atoms with Crippen molar-refractivity contribution in [1.29, 1.82) is 0 Å². The van der Waals surface area contributed by atoms with Crippen molar-refractivity contribution < 1.29 is 18.0 Å². The summed E-state index contributed by atoms with van der Waals surface area (Å²) in [5.41, 5.74) is 5.11. The summed E-state index contributed by atoms with van der Waals surface area (Å²) in [6, 6.07) is 7.00. The number of hydrogen-bond donors (Lipinski definition) is 2. The monoisotopic (exact) mass is 342 g/mol. The molecule has 2 N–H and O–H groups in total. The number of hydrogen-bond acceptors (Lipinski definition) is 4. The van der Waals surface area contributed by atoms with Gasteiger partial charge in [0.1, 0.15) is 0 Å². The molecule has 1 aliphatic heterocycles. The maximum Gasteiger partial charge on any atom is 0.262 e. The smallest absolute Gasteiger partial charge is 0.262 e. The summed E-state index contributed by atoms with van der Waals surface area (Å²) < 4.78 is 22.6. The fraction of sp³-hybridized carbons (Fsp3) is 0.286. The van der Waals surface area contributed by atoms with Gasteiger partial charge in [0.25, 0.3) is 5.91 Å². The molecule has 0 radical (unpaired) electrons. The summed E-state index contributed by atoms with van der Waals surface area (Å²) in [6.07, 6.45) is 3.02. The summed E-state index contributed by atoms with van der Waals surface area (Å²) in [5.74, 6) is -1.82. The number of rotatable bonds is 3. The Labute approximate surface area is 133 Å². The predicted molar refractivity (Wildman–Crippen MR) is 83.5 cm³/mol. The number of amides is 2. The number of benzene rings is 1. The Bertz CT molecular complexity index is 715. The molecule has 8 heteroatoms. The molecule has 0 saturated carbocycles. The fourth-order valence-corrected chi connectivity index (χ4v) is 3.98. The molecule has 2 amide bonds. The van der Waals surface area contributed by atoms with Crippen molar-refractivity contribution >= 4 is 39.3 Å². The number of nitrogens with one attached hydrogen (secondary N) is 2. The fourth-order valence-electron chi connectivity index (χ4n) is 2.04. The molecule has 1 fully saturated rings. The maximum atomic E-state index is 11.7. The molecule has 0 spiro atoms. The largest absolute Gasteiger partial charge is 0.273 e. The van der Waals surface area contributed by atoms with Gasteiger partial charge >= 0.3 is 0 Å². The average molecular weight is 343 g/mol. The van der Waals surface area contributed by atoms with Crippen molar-refractivity contribution in [2.75, 3.05) is 11.5 Å². The van der Waals surface area contributed by atoms with Crippen molar-refractivity contribution in [2.45, 2.75) is 6.42 Å². The molecule has 0 unspecified atom stereocenters. The van der Waals surface area contributed by atoms with E-state index in [-0.39, 0.29) is 17.9 Å². The highest BCUT2D eigenvalue weighted by Gasteiger charge is 2.32. The van der Waals surface area contributed by atoms with Gasteiger partial charge in [0.2, 0.25) is 5.91 Å². The second kappa shape index (κ2) is 6.93. The lowest BCUT2D eigenvalue weighted by molar-refractivity contribution is -0.129. The molecule has 0 bridgehead atoms. The number of carbonyl (C=O) groups is 2. The minimum atomic E-state index is -3.13. The van der Waals surface area contributed by atoms with Gasteiger partial charge in [0, 0.05) is 11.1 Å². The molecule has 22 heavy (non-hydrogen) atoms. The molecule has 2 rings (SSSR count). The lowest BCUT2D eigenvalue weighted by atomic mass is 10.1. The SMILES string of the molecule is O=C(/C=C/c1ccccc1Cl)NNC(=O)[C@@H]1CCS(=O)(=O)C1. The van der Waals surface area contributed by atoms with E-state index >= 15 is 0 Å². The van der Waals surface area contributed by atoms with Crippen molar-refractivity contribution in [2.24, 2.45) is 5.92 Å². The van der Waals surface area contributed by atoms with Crippen LogP contribution in [0.3, 0.4) is 0 Å². The first-order chi connectivity index (χ1) is 10.4. The van der Waals surface area contributed by atoms with E-state index in [1.165, 1.54) is 12.2 Å². The maximum absolute atomic E-state index is 11.7. The Hall–Kier alpha value is -1.86. The van der Waals surface area contributed by atoms with Crippen LogP contribution in [0.5, 0.6) is 0 Å². The van der Waals surface area contributed by atoms with Crippen LogP contribution in [0.1, 0.15) is 12.0 Å². The zero-order chi connectivity index (χ0) is 16.2. The Morgan fingerprint density at radius 2 is 1.95 bits per heavy atom. The second-order valence-electron chi connectivity index (χ2n) is 4.93. The summed E-state index contributed by atoms with van der Waals surface area (Å²) >= 11 is 5.94. The quantitative estimate of drug-likeness (QED) is 0.631. The lowest BCUT2D eigenvalue weighted by Gasteiger charge is -2.09. The van der Waals surface area contributed by atoms with E-state index in [0.29, 0.717) is 10.6 Å². The van der Waals surface area contributed by atoms with Crippen molar-refractivity contribution in [3.05, 3.63) is 40.9 Å². The molecule has 1 aromatic rings. The molecule has 0 aliphatic carbocycles. The van der Waals surface area contributed by atoms with Crippen LogP contribution in [0.15, 0.2) is 30.3 Å². The molecule has 0 aromatic heterocycles. The summed E-state index contributed by atoms with van der Waals surface area (Å²) in [7, 11) is -3.13. The van der Waals surface area contributed by atoms with Crippen LogP contribution in [0.4, 0.5) is 0 Å². The number of halogens is 1. The molecule has 6 nitrogen and oxygen atoms in total. The highest BCUT2D eigenvalue weighted by atomic mass is 35.5. The van der Waals surface area contributed by atoms with E-state index in [1.54, 1.807) is 24.3 Å². The van der Waals surface area contributed by atoms with E-state index in [4.69, 9.17) is 11.6 Å². The van der Waals surface area contributed by atoms with Crippen LogP contribution in [0.2, 0.25) is 5.02 Å². The summed E-state index contributed by atoms with van der Waals surface area (Å²) in [5, 5.41) is 0.506. The molecular formula is C14H15ClN2O4S. The Morgan fingerprint density at radius 3 is 2.59 bits per heavy atom.